The van der Waals surface area contributed by atoms with Crippen LogP contribution in [-0.4, -0.2) is 125 Å². The second-order valence-electron chi connectivity index (χ2n) is 20.7. The number of rotatable bonds is 8. The van der Waals surface area contributed by atoms with E-state index in [0.29, 0.717) is 17.5 Å². The number of hydrogen-bond acceptors (Lipinski definition) is 5. The van der Waals surface area contributed by atoms with Crippen LogP contribution in [0.25, 0.3) is 87.4 Å². The molecule has 0 N–H and O–H groups in total. The van der Waals surface area contributed by atoms with Crippen molar-refractivity contribution >= 4 is 246 Å². The minimum atomic E-state index is 0.650. The summed E-state index contributed by atoms with van der Waals surface area (Å²) in [5.74, 6) is 1.95. The molecule has 0 amide bonds. The van der Waals surface area contributed by atoms with E-state index in [1.54, 1.807) is 0 Å². The lowest BCUT2D eigenvalue weighted by atomic mass is 9.59. The van der Waals surface area contributed by atoms with E-state index in [9.17, 15) is 0 Å². The second-order valence-corrected chi connectivity index (χ2v) is 21.8. The topological polar surface area (TPSA) is 41.9 Å². The number of fused-ring (bicyclic) bond motifs is 4. The van der Waals surface area contributed by atoms with Gasteiger partial charge in [0.05, 0.1) is 0 Å². The molecule has 0 aliphatic heterocycles. The predicted molar refractivity (Wildman–Crippen MR) is 367 cm³/mol. The molecular formula is C55H50B14N4S. The van der Waals surface area contributed by atoms with Gasteiger partial charge in [0.25, 0.3) is 0 Å². The maximum atomic E-state index is 5.18. The molecule has 0 saturated heterocycles. The van der Waals surface area contributed by atoms with Crippen molar-refractivity contribution in [2.24, 2.45) is 0 Å². The molecule has 4 nitrogen and oxygen atoms in total. The zero-order chi connectivity index (χ0) is 52.0. The molecule has 2 aromatic heterocycles. The molecule has 9 aromatic carbocycles. The number of benzene rings is 9. The van der Waals surface area contributed by atoms with Crippen molar-refractivity contribution < 1.29 is 0 Å². The van der Waals surface area contributed by atoms with Crippen molar-refractivity contribution in [3.63, 3.8) is 0 Å². The van der Waals surface area contributed by atoms with E-state index < -0.39 is 0 Å². The maximum Gasteiger partial charge on any atom is 0.164 e. The number of hydrogen-bond donors (Lipinski definition) is 0. The molecule has 0 spiro atoms. The van der Waals surface area contributed by atoms with E-state index >= 15 is 0 Å². The Morgan fingerprint density at radius 2 is 0.649 bits per heavy atom. The first-order valence-electron chi connectivity index (χ1n) is 26.0. The lowest BCUT2D eigenvalue weighted by molar-refractivity contribution is 1.08. The summed E-state index contributed by atoms with van der Waals surface area (Å²) < 4.78 is 2.58. The van der Waals surface area contributed by atoms with Crippen LogP contribution in [-0.2, 0) is 0 Å². The molecule has 0 unspecified atom stereocenters. The molecule has 0 radical (unpaired) electrons. The van der Waals surface area contributed by atoms with E-state index in [1.807, 2.05) is 47.7 Å². The third-order valence-electron chi connectivity index (χ3n) is 17.1. The van der Waals surface area contributed by atoms with Crippen molar-refractivity contribution in [1.29, 1.82) is 0 Å². The largest absolute Gasteiger partial charge is 0.314 e. The summed E-state index contributed by atoms with van der Waals surface area (Å²) in [6.45, 7) is 0. The Morgan fingerprint density at radius 1 is 0.297 bits per heavy atom. The van der Waals surface area contributed by atoms with Gasteiger partial charge in [-0.05, 0) is 45.2 Å². The van der Waals surface area contributed by atoms with Gasteiger partial charge < -0.3 is 4.90 Å². The first kappa shape index (κ1) is 49.4. The van der Waals surface area contributed by atoms with Crippen LogP contribution in [0.4, 0.5) is 17.1 Å². The zero-order valence-electron chi connectivity index (χ0n) is 45.4. The molecule has 0 fully saturated rings. The van der Waals surface area contributed by atoms with Gasteiger partial charge in [-0.1, -0.05) is 187 Å². The first-order chi connectivity index (χ1) is 35.6. The Balaban J connectivity index is 1.13. The van der Waals surface area contributed by atoms with Crippen molar-refractivity contribution in [2.45, 2.75) is 0 Å². The van der Waals surface area contributed by atoms with Crippen molar-refractivity contribution in [3.05, 3.63) is 133 Å². The molecular weight excluding hydrogens is 900 g/mol. The highest BCUT2D eigenvalue weighted by molar-refractivity contribution is 7.26. The fraction of sp³-hybridized carbons (Fsp3) is 0. The average molecular weight is 950 g/mol. The van der Waals surface area contributed by atoms with Crippen LogP contribution in [0.5, 0.6) is 0 Å². The summed E-state index contributed by atoms with van der Waals surface area (Å²) in [6.07, 6.45) is 0. The smallest absolute Gasteiger partial charge is 0.164 e. The summed E-state index contributed by atoms with van der Waals surface area (Å²) in [5.41, 5.74) is 30.5. The van der Waals surface area contributed by atoms with Gasteiger partial charge in [-0.2, -0.15) is 0 Å². The number of aromatic nitrogens is 3. The van der Waals surface area contributed by atoms with Crippen LogP contribution in [0.2, 0.25) is 0 Å². The minimum absolute atomic E-state index is 0.650. The van der Waals surface area contributed by atoms with Gasteiger partial charge >= 0.3 is 0 Å². The normalized spacial score (nSPS) is 11.5. The molecule has 0 aliphatic carbocycles. The molecule has 11 rings (SSSR count). The van der Waals surface area contributed by atoms with Gasteiger partial charge in [0, 0.05) is 53.9 Å². The van der Waals surface area contributed by atoms with E-state index in [0.717, 1.165) is 27.5 Å². The molecule has 74 heavy (non-hydrogen) atoms. The van der Waals surface area contributed by atoms with Crippen LogP contribution < -0.4 is 81.4 Å². The Labute approximate surface area is 452 Å². The molecule has 0 saturated carbocycles. The summed E-state index contributed by atoms with van der Waals surface area (Å²) in [5, 5.41) is 4.80. The fourth-order valence-electron chi connectivity index (χ4n) is 11.9. The number of anilines is 3. The quantitative estimate of drug-likeness (QED) is 0.142. The van der Waals surface area contributed by atoms with E-state index in [4.69, 9.17) is 15.0 Å². The Bertz CT molecular complexity index is 3940. The molecule has 11 aromatic rings. The van der Waals surface area contributed by atoms with Crippen molar-refractivity contribution in [3.8, 4) is 56.4 Å². The SMILES string of the molecule is Bc1c(B)c(B)c(N(c2c(B)c(B)c(B)c(B)c2B)c2c(B)c(B)c(-c3ccc(-c4ccc(-c5nc(-c6ccccc6)nc(-c6ccccc6)n5)c5ccccc45)c4c3sc3ccccc34)c(B)c2B)c(B)c1B. The Kier molecular flexibility index (Phi) is 12.8. The minimum Gasteiger partial charge on any atom is -0.314 e. The molecule has 19 heteroatoms. The monoisotopic (exact) mass is 953 g/mol. The Hall–Kier alpha value is -6.82. The van der Waals surface area contributed by atoms with Gasteiger partial charge in [0.2, 0.25) is 0 Å². The van der Waals surface area contributed by atoms with Gasteiger partial charge in [0.1, 0.15) is 110 Å². The lowest BCUT2D eigenvalue weighted by Crippen LogP contribution is -2.60. The van der Waals surface area contributed by atoms with Crippen LogP contribution >= 0.6 is 11.3 Å². The first-order valence-corrected chi connectivity index (χ1v) is 26.8. The van der Waals surface area contributed by atoms with Gasteiger partial charge in [-0.25, -0.2) is 15.0 Å². The van der Waals surface area contributed by atoms with Gasteiger partial charge in [0.15, 0.2) is 17.5 Å². The second kappa shape index (κ2) is 19.1. The van der Waals surface area contributed by atoms with E-state index in [1.165, 1.54) is 136 Å². The molecule has 0 aliphatic rings. The highest BCUT2D eigenvalue weighted by Crippen LogP contribution is 2.46. The lowest BCUT2D eigenvalue weighted by Gasteiger charge is -2.39. The highest BCUT2D eigenvalue weighted by Gasteiger charge is 2.30. The van der Waals surface area contributed by atoms with Crippen molar-refractivity contribution in [2.75, 3.05) is 4.90 Å². The van der Waals surface area contributed by atoms with E-state index in [2.05, 4.69) is 212 Å². The third-order valence-corrected chi connectivity index (χ3v) is 18.3. The van der Waals surface area contributed by atoms with E-state index in [-0.39, 0.29) is 0 Å². The summed E-state index contributed by atoms with van der Waals surface area (Å²) >= 11 is 1.91. The molecule has 0 atom stereocenters. The molecule has 0 bridgehead atoms. The summed E-state index contributed by atoms with van der Waals surface area (Å²) in [6, 6.07) is 47.4. The molecule has 2 heterocycles. The predicted octanol–water partition coefficient (Wildman–Crippen LogP) is -9.18. The van der Waals surface area contributed by atoms with Crippen molar-refractivity contribution in [1.82, 2.24) is 15.0 Å². The maximum absolute atomic E-state index is 5.18. The fourth-order valence-corrected chi connectivity index (χ4v) is 13.2. The summed E-state index contributed by atoms with van der Waals surface area (Å²) in [7, 11) is 32.6. The molecule has 338 valence electrons. The summed E-state index contributed by atoms with van der Waals surface area (Å²) in [4.78, 5) is 18.0. The zero-order valence-corrected chi connectivity index (χ0v) is 46.2. The van der Waals surface area contributed by atoms with Gasteiger partial charge in [-0.15, -0.1) is 22.3 Å². The standard InChI is InChI=1S/C55H50B14N4S/c56-35-34(36(57)44(65)49(43(35)64)73(50-45(66)39(60)37(58)40(61)46(50)67)51-47(68)41(62)38(59)42(63)48(51)69)31-22-20-28(33-30-17-9-10-18-32(30)74-52(31)33)27-19-21-29(26-16-8-7-15-25(26)27)55-71-53(23-11-3-1-4-12-23)70-54(72-55)24-13-5-2-6-14-24/h1-22H,56-69H2. The van der Waals surface area contributed by atoms with Crippen LogP contribution in [0.1, 0.15) is 0 Å². The van der Waals surface area contributed by atoms with Crippen LogP contribution in [0.3, 0.4) is 0 Å². The van der Waals surface area contributed by atoms with Gasteiger partial charge in [-0.3, -0.25) is 0 Å². The van der Waals surface area contributed by atoms with Crippen LogP contribution in [0, 0.1) is 0 Å². The third kappa shape index (κ3) is 7.83. The average Bonchev–Trinajstić information content (AvgIpc) is 3.83. The number of thiophene rings is 1. The number of nitrogens with zero attached hydrogens (tertiary/aromatic N) is 4. The Morgan fingerprint density at radius 3 is 1.14 bits per heavy atom. The van der Waals surface area contributed by atoms with Crippen LogP contribution in [0.15, 0.2) is 133 Å². The highest BCUT2D eigenvalue weighted by atomic mass is 32.1.